The van der Waals surface area contributed by atoms with Crippen LogP contribution in [0.25, 0.3) is 11.1 Å². The van der Waals surface area contributed by atoms with Gasteiger partial charge in [0.05, 0.1) is 0 Å². The van der Waals surface area contributed by atoms with E-state index in [1.807, 2.05) is 97.1 Å². The number of hydrogen-bond donors (Lipinski definition) is 2. The summed E-state index contributed by atoms with van der Waals surface area (Å²) < 4.78 is 0. The maximum absolute atomic E-state index is 6.62. The lowest BCUT2D eigenvalue weighted by molar-refractivity contribution is 0.699. The summed E-state index contributed by atoms with van der Waals surface area (Å²) in [7, 11) is 4.21. The molecular formula is C34H32B2Cl4N2. The number of unbranched alkanes of at least 4 members (excludes halogenated alkanes) is 3. The van der Waals surface area contributed by atoms with Crippen LogP contribution in [-0.2, 0) is 0 Å². The number of halogens is 4. The molecule has 0 fully saturated rings. The summed E-state index contributed by atoms with van der Waals surface area (Å²) >= 11 is 25.2. The average molecular weight is 632 g/mol. The van der Waals surface area contributed by atoms with Gasteiger partial charge in [-0.25, -0.2) is 0 Å². The van der Waals surface area contributed by atoms with Gasteiger partial charge in [-0.3, -0.25) is 0 Å². The molecule has 0 bridgehead atoms. The lowest BCUT2D eigenvalue weighted by Gasteiger charge is -2.14. The van der Waals surface area contributed by atoms with Crippen LogP contribution in [0.15, 0.2) is 108 Å². The van der Waals surface area contributed by atoms with Crippen molar-refractivity contribution in [2.45, 2.75) is 38.3 Å². The second-order valence-electron chi connectivity index (χ2n) is 10.1. The third-order valence-electron chi connectivity index (χ3n) is 6.92. The second-order valence-corrected chi connectivity index (χ2v) is 11.8. The molecule has 0 heterocycles. The quantitative estimate of drug-likeness (QED) is 0.114. The SMILES string of the molecule is NC([B]CCCCCC[B]C(N)=C(c1cccc(Cl)c1)c1cccc(Cl)c1)=C(c1cccc(Cl)c1)c1cccc(Cl)c1. The molecule has 2 nitrogen and oxygen atoms in total. The molecule has 0 spiro atoms. The van der Waals surface area contributed by atoms with Crippen molar-refractivity contribution in [3.63, 3.8) is 0 Å². The van der Waals surface area contributed by atoms with E-state index in [0.717, 1.165) is 82.9 Å². The first-order valence-electron chi connectivity index (χ1n) is 14.0. The predicted octanol–water partition coefficient (Wildman–Crippen LogP) is 10.2. The minimum absolute atomic E-state index is 0.666. The molecule has 0 saturated carbocycles. The van der Waals surface area contributed by atoms with Gasteiger partial charge >= 0.3 is 0 Å². The maximum atomic E-state index is 6.62. The highest BCUT2D eigenvalue weighted by Crippen LogP contribution is 2.30. The van der Waals surface area contributed by atoms with Crippen molar-refractivity contribution in [3.8, 4) is 0 Å². The molecule has 0 atom stereocenters. The smallest absolute Gasteiger partial charge is 0.174 e. The molecule has 0 unspecified atom stereocenters. The molecule has 0 aliphatic rings. The molecule has 4 N–H and O–H groups in total. The molecule has 2 radical (unpaired) electrons. The van der Waals surface area contributed by atoms with Crippen molar-refractivity contribution in [1.29, 1.82) is 0 Å². The van der Waals surface area contributed by atoms with Crippen LogP contribution < -0.4 is 11.5 Å². The highest BCUT2D eigenvalue weighted by atomic mass is 35.5. The predicted molar refractivity (Wildman–Crippen MR) is 186 cm³/mol. The zero-order valence-electron chi connectivity index (χ0n) is 23.3. The topological polar surface area (TPSA) is 52.0 Å². The van der Waals surface area contributed by atoms with E-state index in [-0.39, 0.29) is 0 Å². The van der Waals surface area contributed by atoms with Crippen LogP contribution >= 0.6 is 46.4 Å². The van der Waals surface area contributed by atoms with E-state index in [9.17, 15) is 0 Å². The second kappa shape index (κ2) is 16.2. The molecule has 4 aromatic carbocycles. The third kappa shape index (κ3) is 9.38. The molecule has 4 aromatic rings. The van der Waals surface area contributed by atoms with Crippen LogP contribution in [0.1, 0.15) is 47.9 Å². The van der Waals surface area contributed by atoms with E-state index in [1.165, 1.54) is 0 Å². The normalized spacial score (nSPS) is 10.7. The summed E-state index contributed by atoms with van der Waals surface area (Å²) in [5.74, 6) is 0. The Labute approximate surface area is 271 Å². The van der Waals surface area contributed by atoms with Crippen molar-refractivity contribution in [2.75, 3.05) is 0 Å². The molecule has 0 saturated heterocycles. The first-order valence-corrected chi connectivity index (χ1v) is 15.5. The molecule has 0 aromatic heterocycles. The molecule has 42 heavy (non-hydrogen) atoms. The Balaban J connectivity index is 1.32. The molecule has 212 valence electrons. The Kier molecular flexibility index (Phi) is 12.4. The third-order valence-corrected chi connectivity index (χ3v) is 7.86. The average Bonchev–Trinajstić information content (AvgIpc) is 2.95. The maximum Gasteiger partial charge on any atom is 0.174 e. The van der Waals surface area contributed by atoms with E-state index >= 15 is 0 Å². The molecule has 0 aliphatic heterocycles. The van der Waals surface area contributed by atoms with Crippen LogP contribution in [0.5, 0.6) is 0 Å². The van der Waals surface area contributed by atoms with Gasteiger partial charge in [0, 0.05) is 20.1 Å². The van der Waals surface area contributed by atoms with Crippen molar-refractivity contribution in [3.05, 3.63) is 151 Å². The summed E-state index contributed by atoms with van der Waals surface area (Å²) in [6, 6.07) is 30.9. The van der Waals surface area contributed by atoms with Gasteiger partial charge < -0.3 is 11.5 Å². The first kappa shape index (κ1) is 32.2. The van der Waals surface area contributed by atoms with Crippen molar-refractivity contribution < 1.29 is 0 Å². The lowest BCUT2D eigenvalue weighted by Crippen LogP contribution is -2.11. The first-order chi connectivity index (χ1) is 20.3. The highest BCUT2D eigenvalue weighted by Gasteiger charge is 2.13. The summed E-state index contributed by atoms with van der Waals surface area (Å²) in [5.41, 5.74) is 20.4. The molecule has 0 aliphatic carbocycles. The number of benzene rings is 4. The summed E-state index contributed by atoms with van der Waals surface area (Å²) in [4.78, 5) is 0. The fraction of sp³-hybridized carbons (Fsp3) is 0.176. The van der Waals surface area contributed by atoms with Gasteiger partial charge in [0.25, 0.3) is 0 Å². The van der Waals surface area contributed by atoms with Crippen molar-refractivity contribution in [2.24, 2.45) is 11.5 Å². The minimum atomic E-state index is 0.666. The largest absolute Gasteiger partial charge is 0.410 e. The molecule has 4 rings (SSSR count). The Morgan fingerprint density at radius 1 is 0.452 bits per heavy atom. The van der Waals surface area contributed by atoms with E-state index in [4.69, 9.17) is 57.9 Å². The van der Waals surface area contributed by atoms with Gasteiger partial charge in [0.15, 0.2) is 14.6 Å². The Hall–Kier alpha value is -2.75. The number of hydrogen-bond acceptors (Lipinski definition) is 2. The van der Waals surface area contributed by atoms with Crippen LogP contribution in [0.3, 0.4) is 0 Å². The number of nitrogens with two attached hydrogens (primary N) is 2. The van der Waals surface area contributed by atoms with E-state index < -0.39 is 0 Å². The monoisotopic (exact) mass is 630 g/mol. The number of rotatable bonds is 13. The van der Waals surface area contributed by atoms with Crippen molar-refractivity contribution >= 4 is 72.1 Å². The highest BCUT2D eigenvalue weighted by molar-refractivity contribution is 6.48. The Morgan fingerprint density at radius 2 is 0.738 bits per heavy atom. The van der Waals surface area contributed by atoms with Crippen LogP contribution in [0, 0.1) is 0 Å². The zero-order valence-corrected chi connectivity index (χ0v) is 26.3. The fourth-order valence-corrected chi connectivity index (χ4v) is 5.70. The summed E-state index contributed by atoms with van der Waals surface area (Å²) in [5, 5.41) is 2.66. The Bertz CT molecular complexity index is 1360. The van der Waals surface area contributed by atoms with Crippen LogP contribution in [0.2, 0.25) is 32.7 Å². The molecule has 0 amide bonds. The Morgan fingerprint density at radius 3 is 1.00 bits per heavy atom. The summed E-state index contributed by atoms with van der Waals surface area (Å²) in [6.45, 7) is 0. The van der Waals surface area contributed by atoms with E-state index in [1.54, 1.807) is 0 Å². The minimum Gasteiger partial charge on any atom is -0.410 e. The standard InChI is InChI=1S/C34H32B2Cl4N2/c37-27-13-5-9-23(19-27)31(24-10-6-14-28(38)20-24)33(41)35-17-3-1-2-4-18-36-34(42)32(25-11-7-15-29(39)21-25)26-12-8-16-30(40)22-26/h5-16,19-22H,1-4,17-18,41-42H2. The van der Waals surface area contributed by atoms with Gasteiger partial charge in [-0.05, 0) is 93.1 Å². The molecule has 8 heteroatoms. The van der Waals surface area contributed by atoms with Gasteiger partial charge in [0.2, 0.25) is 0 Å². The van der Waals surface area contributed by atoms with Gasteiger partial charge in [-0.1, -0.05) is 133 Å². The fourth-order valence-electron chi connectivity index (χ4n) is 4.94. The van der Waals surface area contributed by atoms with Gasteiger partial charge in [-0.15, -0.1) is 0 Å². The van der Waals surface area contributed by atoms with E-state index in [0.29, 0.717) is 20.1 Å². The molecular weight excluding hydrogens is 600 g/mol. The van der Waals surface area contributed by atoms with Crippen molar-refractivity contribution in [1.82, 2.24) is 0 Å². The van der Waals surface area contributed by atoms with Crippen LogP contribution in [0.4, 0.5) is 0 Å². The van der Waals surface area contributed by atoms with Crippen LogP contribution in [-0.4, -0.2) is 14.6 Å². The summed E-state index contributed by atoms with van der Waals surface area (Å²) in [6.07, 6.45) is 6.05. The zero-order chi connectivity index (χ0) is 29.9. The van der Waals surface area contributed by atoms with Gasteiger partial charge in [0.1, 0.15) is 0 Å². The lowest BCUT2D eigenvalue weighted by atomic mass is 9.65. The van der Waals surface area contributed by atoms with E-state index in [2.05, 4.69) is 14.6 Å². The van der Waals surface area contributed by atoms with Gasteiger partial charge in [-0.2, -0.15) is 0 Å².